The van der Waals surface area contributed by atoms with Gasteiger partial charge in [0.05, 0.1) is 12.4 Å². The summed E-state index contributed by atoms with van der Waals surface area (Å²) in [4.78, 5) is 18.7. The van der Waals surface area contributed by atoms with Crippen LogP contribution in [0.15, 0.2) is 42.9 Å². The summed E-state index contributed by atoms with van der Waals surface area (Å²) in [5.74, 6) is -0.166. The van der Waals surface area contributed by atoms with Crippen molar-refractivity contribution in [3.8, 4) is 0 Å². The van der Waals surface area contributed by atoms with E-state index in [1.807, 2.05) is 36.6 Å². The van der Waals surface area contributed by atoms with Crippen LogP contribution < -0.4 is 5.32 Å². The van der Waals surface area contributed by atoms with Gasteiger partial charge in [-0.15, -0.1) is 0 Å². The van der Waals surface area contributed by atoms with Gasteiger partial charge in [0.15, 0.2) is 0 Å². The van der Waals surface area contributed by atoms with Crippen molar-refractivity contribution in [2.75, 3.05) is 13.1 Å². The largest absolute Gasteiger partial charge is 0.392 e. The first-order valence-electron chi connectivity index (χ1n) is 8.80. The van der Waals surface area contributed by atoms with Crippen molar-refractivity contribution < 1.29 is 9.90 Å². The molecule has 1 fully saturated rings. The van der Waals surface area contributed by atoms with Crippen LogP contribution in [0.1, 0.15) is 42.4 Å². The number of benzene rings is 1. The number of aromatic nitrogens is 2. The zero-order valence-corrected chi connectivity index (χ0v) is 14.8. The molecule has 2 aromatic rings. The molecule has 0 unspecified atom stereocenters. The van der Waals surface area contributed by atoms with Gasteiger partial charge in [-0.05, 0) is 25.8 Å². The van der Waals surface area contributed by atoms with E-state index in [2.05, 4.69) is 27.3 Å². The molecule has 2 atom stereocenters. The van der Waals surface area contributed by atoms with Crippen LogP contribution in [-0.2, 0) is 6.54 Å². The van der Waals surface area contributed by atoms with E-state index in [0.29, 0.717) is 25.2 Å². The summed E-state index contributed by atoms with van der Waals surface area (Å²) in [5, 5.41) is 13.0. The maximum Gasteiger partial charge on any atom is 0.271 e. The summed E-state index contributed by atoms with van der Waals surface area (Å²) in [7, 11) is 0. The highest BCUT2D eigenvalue weighted by Gasteiger charge is 2.31. The number of rotatable bonds is 6. The Labute approximate surface area is 148 Å². The number of hydrogen-bond acceptors (Lipinski definition) is 4. The van der Waals surface area contributed by atoms with Crippen molar-refractivity contribution in [3.05, 3.63) is 54.1 Å². The first-order chi connectivity index (χ1) is 12.0. The molecule has 6 heteroatoms. The highest BCUT2D eigenvalue weighted by Crippen LogP contribution is 2.20. The van der Waals surface area contributed by atoms with Gasteiger partial charge in [-0.2, -0.15) is 0 Å². The Bertz CT molecular complexity index is 698. The van der Waals surface area contributed by atoms with Gasteiger partial charge in [-0.25, -0.2) is 4.98 Å². The average molecular weight is 342 g/mol. The third-order valence-corrected chi connectivity index (χ3v) is 4.66. The van der Waals surface area contributed by atoms with Crippen LogP contribution in [0.2, 0.25) is 0 Å². The smallest absolute Gasteiger partial charge is 0.271 e. The molecule has 25 heavy (non-hydrogen) atoms. The highest BCUT2D eigenvalue weighted by molar-refractivity contribution is 5.92. The first-order valence-corrected chi connectivity index (χ1v) is 8.80. The van der Waals surface area contributed by atoms with Crippen LogP contribution in [-0.4, -0.2) is 50.7 Å². The van der Waals surface area contributed by atoms with Crippen LogP contribution >= 0.6 is 0 Å². The SMILES string of the molecule is CC(C)n1cnc(C(=O)NC[C@@H]2C[C@@H](O)CN2Cc2ccccc2)c1. The Kier molecular flexibility index (Phi) is 5.50. The number of aliphatic hydroxyl groups is 1. The van der Waals surface area contributed by atoms with Crippen LogP contribution in [0.5, 0.6) is 0 Å². The maximum atomic E-state index is 12.3. The minimum atomic E-state index is -0.342. The van der Waals surface area contributed by atoms with E-state index in [1.54, 1.807) is 12.5 Å². The number of aliphatic hydroxyl groups excluding tert-OH is 1. The zero-order valence-electron chi connectivity index (χ0n) is 14.8. The maximum absolute atomic E-state index is 12.3. The summed E-state index contributed by atoms with van der Waals surface area (Å²) < 4.78 is 1.91. The van der Waals surface area contributed by atoms with Crippen LogP contribution in [0, 0.1) is 0 Å². The Morgan fingerprint density at radius 2 is 2.12 bits per heavy atom. The van der Waals surface area contributed by atoms with Gasteiger partial charge in [0, 0.05) is 37.9 Å². The zero-order chi connectivity index (χ0) is 17.8. The molecule has 3 rings (SSSR count). The number of nitrogens with zero attached hydrogens (tertiary/aromatic N) is 3. The lowest BCUT2D eigenvalue weighted by atomic mass is 10.1. The topological polar surface area (TPSA) is 70.4 Å². The molecular weight excluding hydrogens is 316 g/mol. The average Bonchev–Trinajstić information content (AvgIpc) is 3.21. The van der Waals surface area contributed by atoms with Gasteiger partial charge in [-0.1, -0.05) is 30.3 Å². The molecule has 2 heterocycles. The quantitative estimate of drug-likeness (QED) is 0.840. The second kappa shape index (κ2) is 7.80. The lowest BCUT2D eigenvalue weighted by Crippen LogP contribution is -2.39. The minimum absolute atomic E-state index is 0.131. The molecule has 1 aliphatic heterocycles. The number of imidazole rings is 1. The lowest BCUT2D eigenvalue weighted by molar-refractivity contribution is 0.0935. The Morgan fingerprint density at radius 3 is 2.80 bits per heavy atom. The molecule has 0 aliphatic carbocycles. The number of carbonyl (C=O) groups excluding carboxylic acids is 1. The fraction of sp³-hybridized carbons (Fsp3) is 0.474. The van der Waals surface area contributed by atoms with E-state index in [4.69, 9.17) is 0 Å². The fourth-order valence-corrected chi connectivity index (χ4v) is 3.22. The van der Waals surface area contributed by atoms with E-state index in [-0.39, 0.29) is 24.1 Å². The number of likely N-dealkylation sites (tertiary alicyclic amines) is 1. The molecule has 0 bridgehead atoms. The molecule has 134 valence electrons. The van der Waals surface area contributed by atoms with Gasteiger partial charge in [0.1, 0.15) is 5.69 Å². The normalized spacial score (nSPS) is 21.0. The van der Waals surface area contributed by atoms with Gasteiger partial charge in [0.2, 0.25) is 0 Å². The molecule has 1 saturated heterocycles. The molecule has 2 N–H and O–H groups in total. The van der Waals surface area contributed by atoms with Crippen molar-refractivity contribution in [3.63, 3.8) is 0 Å². The van der Waals surface area contributed by atoms with Crippen LogP contribution in [0.4, 0.5) is 0 Å². The van der Waals surface area contributed by atoms with Crippen molar-refractivity contribution in [2.45, 2.75) is 45.0 Å². The van der Waals surface area contributed by atoms with Crippen molar-refractivity contribution in [1.82, 2.24) is 19.8 Å². The van der Waals surface area contributed by atoms with E-state index in [1.165, 1.54) is 5.56 Å². The van der Waals surface area contributed by atoms with Crippen molar-refractivity contribution >= 4 is 5.91 Å². The minimum Gasteiger partial charge on any atom is -0.392 e. The second-order valence-electron chi connectivity index (χ2n) is 6.97. The third kappa shape index (κ3) is 4.46. The van der Waals surface area contributed by atoms with E-state index in [0.717, 1.165) is 6.54 Å². The van der Waals surface area contributed by atoms with Crippen molar-refractivity contribution in [2.24, 2.45) is 0 Å². The summed E-state index contributed by atoms with van der Waals surface area (Å²) >= 11 is 0. The number of amides is 1. The number of nitrogens with one attached hydrogen (secondary N) is 1. The van der Waals surface area contributed by atoms with Crippen LogP contribution in [0.3, 0.4) is 0 Å². The molecule has 0 spiro atoms. The lowest BCUT2D eigenvalue weighted by Gasteiger charge is -2.24. The van der Waals surface area contributed by atoms with Crippen LogP contribution in [0.25, 0.3) is 0 Å². The monoisotopic (exact) mass is 342 g/mol. The van der Waals surface area contributed by atoms with Gasteiger partial charge in [-0.3, -0.25) is 9.69 Å². The molecule has 0 radical (unpaired) electrons. The third-order valence-electron chi connectivity index (χ3n) is 4.66. The van der Waals surface area contributed by atoms with Crippen molar-refractivity contribution in [1.29, 1.82) is 0 Å². The molecule has 1 amide bonds. The van der Waals surface area contributed by atoms with E-state index in [9.17, 15) is 9.90 Å². The summed E-state index contributed by atoms with van der Waals surface area (Å²) in [6.07, 6.45) is 3.78. The molecule has 6 nitrogen and oxygen atoms in total. The number of hydrogen-bond donors (Lipinski definition) is 2. The first kappa shape index (κ1) is 17.6. The Balaban J connectivity index is 1.57. The van der Waals surface area contributed by atoms with Gasteiger partial charge < -0.3 is 15.0 Å². The number of β-amino-alcohol motifs (C(OH)–C–C–N with tert-alkyl or cyclic N) is 1. The standard InChI is InChI=1S/C19H26N4O2/c1-14(2)23-12-18(21-13-23)19(25)20-9-16-8-17(24)11-22(16)10-15-6-4-3-5-7-15/h3-7,12-14,16-17,24H,8-11H2,1-2H3,(H,20,25)/t16-,17+/m0/s1. The van der Waals surface area contributed by atoms with Gasteiger partial charge in [0.25, 0.3) is 5.91 Å². The molecule has 1 aromatic carbocycles. The summed E-state index contributed by atoms with van der Waals surface area (Å²) in [5.41, 5.74) is 1.64. The second-order valence-corrected chi connectivity index (χ2v) is 6.97. The molecule has 0 saturated carbocycles. The fourth-order valence-electron chi connectivity index (χ4n) is 3.22. The summed E-state index contributed by atoms with van der Waals surface area (Å²) in [6.45, 7) is 6.02. The van der Waals surface area contributed by atoms with E-state index < -0.39 is 0 Å². The Hall–Kier alpha value is -2.18. The molecule has 1 aliphatic rings. The Morgan fingerprint density at radius 1 is 1.36 bits per heavy atom. The van der Waals surface area contributed by atoms with Gasteiger partial charge >= 0.3 is 0 Å². The molecule has 1 aromatic heterocycles. The number of carbonyl (C=O) groups is 1. The highest BCUT2D eigenvalue weighted by atomic mass is 16.3. The predicted molar refractivity (Wildman–Crippen MR) is 96.2 cm³/mol. The van der Waals surface area contributed by atoms with E-state index >= 15 is 0 Å². The summed E-state index contributed by atoms with van der Waals surface area (Å²) in [6, 6.07) is 10.6. The predicted octanol–water partition coefficient (Wildman–Crippen LogP) is 1.83. The molecular formula is C19H26N4O2.